The Morgan fingerprint density at radius 3 is 2.50 bits per heavy atom. The van der Waals surface area contributed by atoms with E-state index in [2.05, 4.69) is 31.4 Å². The Morgan fingerprint density at radius 1 is 1.00 bits per heavy atom. The van der Waals surface area contributed by atoms with Gasteiger partial charge in [0.15, 0.2) is 0 Å². The minimum absolute atomic E-state index is 0.0360. The van der Waals surface area contributed by atoms with Gasteiger partial charge in [0.2, 0.25) is 0 Å². The van der Waals surface area contributed by atoms with Gasteiger partial charge in [0.05, 0.1) is 12.3 Å². The zero-order chi connectivity index (χ0) is 21.2. The van der Waals surface area contributed by atoms with Crippen molar-refractivity contribution in [2.75, 3.05) is 32.1 Å². The number of carbonyl (C=O) groups excluding carboxylic acids is 2. The number of carbonyl (C=O) groups is 2. The van der Waals surface area contributed by atoms with Gasteiger partial charge in [-0.05, 0) is 41.5 Å². The molecule has 1 aromatic heterocycles. The number of urea groups is 1. The first-order valence-electron chi connectivity index (χ1n) is 9.42. The molecule has 0 radical (unpaired) electrons. The number of rotatable bonds is 9. The maximum Gasteiger partial charge on any atom is 0.319 e. The molecule has 0 aliphatic heterocycles. The summed E-state index contributed by atoms with van der Waals surface area (Å²) in [5, 5.41) is 19.9. The van der Waals surface area contributed by atoms with E-state index in [1.54, 1.807) is 31.4 Å². The summed E-state index contributed by atoms with van der Waals surface area (Å²) < 4.78 is 4.87. The third kappa shape index (κ3) is 6.11. The molecule has 10 nitrogen and oxygen atoms in total. The SMILES string of the molecule is COCCNC(=O)c1nnn(-c2ccc(NC(=O)NCCc3ccccc3)cc2)n1. The van der Waals surface area contributed by atoms with Crippen molar-refractivity contribution in [1.29, 1.82) is 0 Å². The van der Waals surface area contributed by atoms with Crippen LogP contribution in [0.1, 0.15) is 16.2 Å². The molecule has 10 heteroatoms. The summed E-state index contributed by atoms with van der Waals surface area (Å²) in [5.74, 6) is -0.463. The van der Waals surface area contributed by atoms with E-state index >= 15 is 0 Å². The van der Waals surface area contributed by atoms with Crippen LogP contribution in [0.5, 0.6) is 0 Å². The third-order valence-corrected chi connectivity index (χ3v) is 4.11. The van der Waals surface area contributed by atoms with Crippen molar-refractivity contribution >= 4 is 17.6 Å². The molecular formula is C20H23N7O3. The van der Waals surface area contributed by atoms with Crippen molar-refractivity contribution in [2.24, 2.45) is 0 Å². The predicted molar refractivity (Wildman–Crippen MR) is 111 cm³/mol. The minimum Gasteiger partial charge on any atom is -0.383 e. The average Bonchev–Trinajstić information content (AvgIpc) is 3.25. The number of hydrogen-bond donors (Lipinski definition) is 3. The number of hydrogen-bond acceptors (Lipinski definition) is 6. The molecule has 0 unspecified atom stereocenters. The van der Waals surface area contributed by atoms with Gasteiger partial charge in [-0.25, -0.2) is 4.79 Å². The highest BCUT2D eigenvalue weighted by atomic mass is 16.5. The van der Waals surface area contributed by atoms with Gasteiger partial charge >= 0.3 is 6.03 Å². The quantitative estimate of drug-likeness (QED) is 0.459. The normalized spacial score (nSPS) is 10.4. The third-order valence-electron chi connectivity index (χ3n) is 4.11. The lowest BCUT2D eigenvalue weighted by atomic mass is 10.1. The van der Waals surface area contributed by atoms with Gasteiger partial charge in [0.1, 0.15) is 0 Å². The fourth-order valence-corrected chi connectivity index (χ4v) is 2.58. The number of benzene rings is 2. The van der Waals surface area contributed by atoms with Crippen LogP contribution in [0.15, 0.2) is 54.6 Å². The van der Waals surface area contributed by atoms with Gasteiger partial charge in [-0.15, -0.1) is 15.0 Å². The lowest BCUT2D eigenvalue weighted by Crippen LogP contribution is -2.30. The highest BCUT2D eigenvalue weighted by Gasteiger charge is 2.13. The van der Waals surface area contributed by atoms with E-state index < -0.39 is 5.91 Å². The van der Waals surface area contributed by atoms with Crippen LogP contribution in [0.4, 0.5) is 10.5 Å². The van der Waals surface area contributed by atoms with Crippen LogP contribution >= 0.6 is 0 Å². The van der Waals surface area contributed by atoms with Crippen molar-refractivity contribution in [1.82, 2.24) is 30.8 Å². The highest BCUT2D eigenvalue weighted by Crippen LogP contribution is 2.11. The smallest absolute Gasteiger partial charge is 0.319 e. The van der Waals surface area contributed by atoms with E-state index in [4.69, 9.17) is 4.74 Å². The Hall–Kier alpha value is -3.79. The Labute approximate surface area is 173 Å². The second-order valence-electron chi connectivity index (χ2n) is 6.31. The van der Waals surface area contributed by atoms with Crippen molar-refractivity contribution in [2.45, 2.75) is 6.42 Å². The molecule has 0 bridgehead atoms. The summed E-state index contributed by atoms with van der Waals surface area (Å²) in [5.41, 5.74) is 2.39. The maximum absolute atomic E-state index is 12.0. The van der Waals surface area contributed by atoms with Crippen LogP contribution in [0.3, 0.4) is 0 Å². The monoisotopic (exact) mass is 409 g/mol. The van der Waals surface area contributed by atoms with Crippen molar-refractivity contribution in [3.05, 3.63) is 66.0 Å². The molecule has 3 aromatic rings. The number of aromatic nitrogens is 4. The van der Waals surface area contributed by atoms with Crippen LogP contribution in [-0.4, -0.2) is 59.0 Å². The molecule has 0 aliphatic carbocycles. The molecule has 30 heavy (non-hydrogen) atoms. The predicted octanol–water partition coefficient (Wildman–Crippen LogP) is 1.40. The van der Waals surface area contributed by atoms with Crippen LogP contribution in [-0.2, 0) is 11.2 Å². The van der Waals surface area contributed by atoms with Gasteiger partial charge in [0.25, 0.3) is 11.7 Å². The van der Waals surface area contributed by atoms with Crippen molar-refractivity contribution < 1.29 is 14.3 Å². The first kappa shape index (κ1) is 20.9. The first-order chi connectivity index (χ1) is 14.7. The summed E-state index contributed by atoms with van der Waals surface area (Å²) >= 11 is 0. The van der Waals surface area contributed by atoms with Gasteiger partial charge in [-0.2, -0.15) is 0 Å². The topological polar surface area (TPSA) is 123 Å². The van der Waals surface area contributed by atoms with Crippen molar-refractivity contribution in [3.63, 3.8) is 0 Å². The van der Waals surface area contributed by atoms with E-state index in [1.165, 1.54) is 4.80 Å². The van der Waals surface area contributed by atoms with Crippen LogP contribution in [0.2, 0.25) is 0 Å². The number of nitrogens with one attached hydrogen (secondary N) is 3. The lowest BCUT2D eigenvalue weighted by molar-refractivity contribution is 0.0926. The van der Waals surface area contributed by atoms with E-state index in [1.807, 2.05) is 30.3 Å². The number of methoxy groups -OCH3 is 1. The average molecular weight is 409 g/mol. The number of ether oxygens (including phenoxy) is 1. The van der Waals surface area contributed by atoms with Crippen LogP contribution in [0, 0.1) is 0 Å². The van der Waals surface area contributed by atoms with E-state index in [-0.39, 0.29) is 11.9 Å². The first-order valence-corrected chi connectivity index (χ1v) is 9.42. The van der Waals surface area contributed by atoms with E-state index in [0.29, 0.717) is 31.1 Å². The maximum atomic E-state index is 12.0. The summed E-state index contributed by atoms with van der Waals surface area (Å²) in [6.07, 6.45) is 0.756. The Bertz CT molecular complexity index is 958. The minimum atomic E-state index is -0.427. The number of amides is 3. The lowest BCUT2D eigenvalue weighted by Gasteiger charge is -2.08. The second kappa shape index (κ2) is 10.7. The molecule has 2 aromatic carbocycles. The van der Waals surface area contributed by atoms with Gasteiger partial charge < -0.3 is 20.7 Å². The Balaban J connectivity index is 1.48. The Kier molecular flexibility index (Phi) is 7.45. The van der Waals surface area contributed by atoms with Crippen LogP contribution < -0.4 is 16.0 Å². The summed E-state index contributed by atoms with van der Waals surface area (Å²) in [4.78, 5) is 25.2. The zero-order valence-corrected chi connectivity index (χ0v) is 16.5. The molecule has 0 saturated heterocycles. The second-order valence-corrected chi connectivity index (χ2v) is 6.31. The van der Waals surface area contributed by atoms with E-state index in [9.17, 15) is 9.59 Å². The van der Waals surface area contributed by atoms with Gasteiger partial charge in [0, 0.05) is 25.9 Å². The van der Waals surface area contributed by atoms with Gasteiger partial charge in [-0.3, -0.25) is 4.79 Å². The molecule has 0 atom stereocenters. The molecule has 0 aliphatic rings. The zero-order valence-electron chi connectivity index (χ0n) is 16.5. The molecule has 3 rings (SSSR count). The molecule has 0 saturated carbocycles. The Morgan fingerprint density at radius 2 is 1.77 bits per heavy atom. The summed E-state index contributed by atoms with van der Waals surface area (Å²) in [6.45, 7) is 1.29. The van der Waals surface area contributed by atoms with Gasteiger partial charge in [-0.1, -0.05) is 30.3 Å². The molecule has 3 amide bonds. The molecule has 3 N–H and O–H groups in total. The fraction of sp³-hybridized carbons (Fsp3) is 0.250. The number of anilines is 1. The molecular weight excluding hydrogens is 386 g/mol. The van der Waals surface area contributed by atoms with E-state index in [0.717, 1.165) is 12.0 Å². The van der Waals surface area contributed by atoms with Crippen molar-refractivity contribution in [3.8, 4) is 5.69 Å². The number of tetrazole rings is 1. The summed E-state index contributed by atoms with van der Waals surface area (Å²) in [6, 6.07) is 16.5. The van der Waals surface area contributed by atoms with Crippen LogP contribution in [0.25, 0.3) is 5.69 Å². The standard InChI is InChI=1S/C20H23N7O3/c1-30-14-13-21-19(28)18-24-26-27(25-18)17-9-7-16(8-10-17)23-20(29)22-12-11-15-5-3-2-4-6-15/h2-10H,11-14H2,1H3,(H,21,28)(H2,22,23,29). The molecule has 1 heterocycles. The molecule has 0 fully saturated rings. The number of nitrogens with zero attached hydrogens (tertiary/aromatic N) is 4. The summed E-state index contributed by atoms with van der Waals surface area (Å²) in [7, 11) is 1.55. The largest absolute Gasteiger partial charge is 0.383 e. The highest BCUT2D eigenvalue weighted by molar-refractivity contribution is 5.90. The molecule has 0 spiro atoms. The fourth-order valence-electron chi connectivity index (χ4n) is 2.58. The molecule has 156 valence electrons.